The van der Waals surface area contributed by atoms with Crippen LogP contribution in [-0.4, -0.2) is 28.7 Å². The predicted molar refractivity (Wildman–Crippen MR) is 71.9 cm³/mol. The summed E-state index contributed by atoms with van der Waals surface area (Å²) in [7, 11) is 0. The molecular formula is C14H24N2O3. The van der Waals surface area contributed by atoms with Crippen LogP contribution in [0.15, 0.2) is 0 Å². The van der Waals surface area contributed by atoms with Crippen LogP contribution in [0.3, 0.4) is 0 Å². The van der Waals surface area contributed by atoms with Crippen LogP contribution in [0, 0.1) is 11.8 Å². The summed E-state index contributed by atoms with van der Waals surface area (Å²) >= 11 is 0. The zero-order chi connectivity index (χ0) is 14.0. The highest BCUT2D eigenvalue weighted by atomic mass is 16.4. The maximum absolute atomic E-state index is 12.0. The summed E-state index contributed by atoms with van der Waals surface area (Å²) in [6.07, 6.45) is 4.90. The highest BCUT2D eigenvalue weighted by Gasteiger charge is 2.43. The molecule has 0 spiro atoms. The summed E-state index contributed by atoms with van der Waals surface area (Å²) in [6.45, 7) is 4.34. The Labute approximate surface area is 114 Å². The van der Waals surface area contributed by atoms with Crippen molar-refractivity contribution >= 4 is 12.0 Å². The second-order valence-electron chi connectivity index (χ2n) is 6.21. The molecule has 0 aromatic rings. The second-order valence-corrected chi connectivity index (χ2v) is 6.21. The predicted octanol–water partition coefficient (Wildman–Crippen LogP) is 2.12. The Hall–Kier alpha value is -1.26. The fourth-order valence-electron chi connectivity index (χ4n) is 3.36. The fraction of sp³-hybridized carbons (Fsp3) is 0.857. The zero-order valence-electron chi connectivity index (χ0n) is 11.7. The molecule has 3 unspecified atom stereocenters. The van der Waals surface area contributed by atoms with E-state index < -0.39 is 11.5 Å². The van der Waals surface area contributed by atoms with Crippen molar-refractivity contribution in [3.8, 4) is 0 Å². The molecule has 2 saturated carbocycles. The molecule has 2 aliphatic carbocycles. The van der Waals surface area contributed by atoms with E-state index in [4.69, 9.17) is 0 Å². The minimum absolute atomic E-state index is 0.169. The molecule has 0 bridgehead atoms. The van der Waals surface area contributed by atoms with Crippen molar-refractivity contribution in [2.75, 3.05) is 0 Å². The van der Waals surface area contributed by atoms with Gasteiger partial charge in [0.2, 0.25) is 0 Å². The number of carboxylic acids is 1. The third-order valence-corrected chi connectivity index (χ3v) is 5.00. The van der Waals surface area contributed by atoms with Crippen LogP contribution in [-0.2, 0) is 4.79 Å². The maximum Gasteiger partial charge on any atom is 0.329 e. The number of hydrogen-bond donors (Lipinski definition) is 3. The van der Waals surface area contributed by atoms with E-state index in [1.54, 1.807) is 0 Å². The number of carbonyl (C=O) groups excluding carboxylic acids is 1. The number of carbonyl (C=O) groups is 2. The number of aliphatic carboxylic acids is 1. The lowest BCUT2D eigenvalue weighted by Gasteiger charge is -2.27. The normalized spacial score (nSPS) is 33.1. The van der Waals surface area contributed by atoms with Gasteiger partial charge in [0.05, 0.1) is 0 Å². The topological polar surface area (TPSA) is 78.4 Å². The molecule has 2 aliphatic rings. The minimum atomic E-state index is -1.04. The van der Waals surface area contributed by atoms with Gasteiger partial charge in [-0.1, -0.05) is 26.7 Å². The summed E-state index contributed by atoms with van der Waals surface area (Å²) in [4.78, 5) is 23.4. The maximum atomic E-state index is 12.0. The molecule has 19 heavy (non-hydrogen) atoms. The van der Waals surface area contributed by atoms with Crippen LogP contribution in [0.2, 0.25) is 0 Å². The van der Waals surface area contributed by atoms with Gasteiger partial charge in [0.1, 0.15) is 5.54 Å². The van der Waals surface area contributed by atoms with Gasteiger partial charge in [-0.3, -0.25) is 0 Å². The highest BCUT2D eigenvalue weighted by molar-refractivity contribution is 5.86. The van der Waals surface area contributed by atoms with Crippen molar-refractivity contribution < 1.29 is 14.7 Å². The SMILES string of the molecule is CC1CCC(NC(=O)NC2(C(=O)O)CCCC2)C1C. The van der Waals surface area contributed by atoms with Crippen molar-refractivity contribution in [2.24, 2.45) is 11.8 Å². The molecule has 0 radical (unpaired) electrons. The standard InChI is InChI=1S/C14H24N2O3/c1-9-5-6-11(10(9)2)15-13(19)16-14(12(17)18)7-3-4-8-14/h9-11H,3-8H2,1-2H3,(H,17,18)(H2,15,16,19). The third-order valence-electron chi connectivity index (χ3n) is 5.00. The van der Waals surface area contributed by atoms with Crippen LogP contribution < -0.4 is 10.6 Å². The first-order chi connectivity index (χ1) is 8.94. The molecular weight excluding hydrogens is 244 g/mol. The summed E-state index contributed by atoms with van der Waals surface area (Å²) in [5, 5.41) is 15.0. The van der Waals surface area contributed by atoms with Crippen LogP contribution in [0.1, 0.15) is 52.4 Å². The smallest absolute Gasteiger partial charge is 0.329 e. The minimum Gasteiger partial charge on any atom is -0.480 e. The van der Waals surface area contributed by atoms with Gasteiger partial charge in [0.25, 0.3) is 0 Å². The van der Waals surface area contributed by atoms with E-state index in [9.17, 15) is 14.7 Å². The average Bonchev–Trinajstić information content (AvgIpc) is 2.92. The molecule has 0 heterocycles. The Morgan fingerprint density at radius 3 is 2.26 bits per heavy atom. The Bertz CT molecular complexity index is 364. The van der Waals surface area contributed by atoms with E-state index >= 15 is 0 Å². The quantitative estimate of drug-likeness (QED) is 0.733. The van der Waals surface area contributed by atoms with E-state index in [2.05, 4.69) is 24.5 Å². The number of hydrogen-bond acceptors (Lipinski definition) is 2. The van der Waals surface area contributed by atoms with Crippen molar-refractivity contribution in [2.45, 2.75) is 64.0 Å². The summed E-state index contributed by atoms with van der Waals surface area (Å²) < 4.78 is 0. The molecule has 5 nitrogen and oxygen atoms in total. The van der Waals surface area contributed by atoms with E-state index in [1.807, 2.05) is 0 Å². The molecule has 108 valence electrons. The molecule has 2 rings (SSSR count). The molecule has 0 aliphatic heterocycles. The summed E-state index contributed by atoms with van der Waals surface area (Å²) in [5.41, 5.74) is -1.04. The first-order valence-electron chi connectivity index (χ1n) is 7.27. The molecule has 5 heteroatoms. The van der Waals surface area contributed by atoms with E-state index in [1.165, 1.54) is 0 Å². The van der Waals surface area contributed by atoms with Crippen LogP contribution >= 0.6 is 0 Å². The van der Waals surface area contributed by atoms with Gasteiger partial charge in [-0.15, -0.1) is 0 Å². The van der Waals surface area contributed by atoms with Crippen LogP contribution in [0.4, 0.5) is 4.79 Å². The number of urea groups is 1. The van der Waals surface area contributed by atoms with Gasteiger partial charge in [0, 0.05) is 6.04 Å². The van der Waals surface area contributed by atoms with Gasteiger partial charge < -0.3 is 15.7 Å². The Morgan fingerprint density at radius 1 is 1.16 bits per heavy atom. The number of amides is 2. The zero-order valence-corrected chi connectivity index (χ0v) is 11.7. The van der Waals surface area contributed by atoms with Gasteiger partial charge in [-0.2, -0.15) is 0 Å². The second kappa shape index (κ2) is 5.39. The monoisotopic (exact) mass is 268 g/mol. The van der Waals surface area contributed by atoms with E-state index in [-0.39, 0.29) is 12.1 Å². The largest absolute Gasteiger partial charge is 0.480 e. The lowest BCUT2D eigenvalue weighted by atomic mass is 9.97. The average molecular weight is 268 g/mol. The number of nitrogens with one attached hydrogen (secondary N) is 2. The fourth-order valence-corrected chi connectivity index (χ4v) is 3.36. The highest BCUT2D eigenvalue weighted by Crippen LogP contribution is 2.32. The molecule has 0 saturated heterocycles. The summed E-state index contributed by atoms with van der Waals surface area (Å²) in [6, 6.07) is -0.155. The van der Waals surface area contributed by atoms with Crippen molar-refractivity contribution in [3.63, 3.8) is 0 Å². The van der Waals surface area contributed by atoms with Crippen LogP contribution in [0.5, 0.6) is 0 Å². The van der Waals surface area contributed by atoms with Gasteiger partial charge in [-0.05, 0) is 37.5 Å². The lowest BCUT2D eigenvalue weighted by molar-refractivity contribution is -0.144. The lowest BCUT2D eigenvalue weighted by Crippen LogP contribution is -2.57. The van der Waals surface area contributed by atoms with E-state index in [0.29, 0.717) is 24.7 Å². The van der Waals surface area contributed by atoms with Gasteiger partial charge in [-0.25, -0.2) is 9.59 Å². The first kappa shape index (κ1) is 14.2. The number of rotatable bonds is 3. The molecule has 3 N–H and O–H groups in total. The van der Waals surface area contributed by atoms with Gasteiger partial charge >= 0.3 is 12.0 Å². The van der Waals surface area contributed by atoms with E-state index in [0.717, 1.165) is 25.7 Å². The molecule has 0 aromatic heterocycles. The Kier molecular flexibility index (Phi) is 4.02. The van der Waals surface area contributed by atoms with Crippen molar-refractivity contribution in [1.29, 1.82) is 0 Å². The first-order valence-corrected chi connectivity index (χ1v) is 7.27. The molecule has 2 amide bonds. The molecule has 3 atom stereocenters. The van der Waals surface area contributed by atoms with Crippen molar-refractivity contribution in [1.82, 2.24) is 10.6 Å². The van der Waals surface area contributed by atoms with Crippen LogP contribution in [0.25, 0.3) is 0 Å². The Morgan fingerprint density at radius 2 is 1.79 bits per heavy atom. The third kappa shape index (κ3) is 2.85. The Balaban J connectivity index is 1.92. The summed E-state index contributed by atoms with van der Waals surface area (Å²) in [5.74, 6) is 0.160. The molecule has 0 aromatic carbocycles. The number of carboxylic acid groups (broad SMARTS) is 1. The van der Waals surface area contributed by atoms with Crippen molar-refractivity contribution in [3.05, 3.63) is 0 Å². The molecule has 2 fully saturated rings. The van der Waals surface area contributed by atoms with Gasteiger partial charge in [0.15, 0.2) is 0 Å².